The summed E-state index contributed by atoms with van der Waals surface area (Å²) in [4.78, 5) is 23.9. The maximum Gasteiger partial charge on any atom is 0.149 e. The third-order valence-corrected chi connectivity index (χ3v) is 4.72. The van der Waals surface area contributed by atoms with Gasteiger partial charge in [0.25, 0.3) is 0 Å². The largest absolute Gasteiger partial charge is 0.299 e. The number of hydrogen-bond donors (Lipinski definition) is 0. The first-order valence-corrected chi connectivity index (χ1v) is 5.81. The van der Waals surface area contributed by atoms with Gasteiger partial charge in [-0.15, -0.1) is 0 Å². The van der Waals surface area contributed by atoms with Crippen molar-refractivity contribution in [2.45, 2.75) is 44.9 Å². The first kappa shape index (κ1) is 8.63. The number of carbonyl (C=O) groups excluding carboxylic acids is 2. The number of ketones is 2. The van der Waals surface area contributed by atoms with Gasteiger partial charge in [-0.2, -0.15) is 0 Å². The molecule has 2 nitrogen and oxygen atoms in total. The molecule has 2 heteroatoms. The Bertz CT molecular complexity index is 307. The number of rotatable bonds is 0. The van der Waals surface area contributed by atoms with E-state index in [1.165, 1.54) is 0 Å². The summed E-state index contributed by atoms with van der Waals surface area (Å²) in [6.45, 7) is 0. The van der Waals surface area contributed by atoms with Crippen molar-refractivity contribution in [3.8, 4) is 0 Å². The van der Waals surface area contributed by atoms with E-state index in [1.807, 2.05) is 0 Å². The van der Waals surface area contributed by atoms with Crippen LogP contribution in [0, 0.1) is 17.3 Å². The van der Waals surface area contributed by atoms with Crippen LogP contribution >= 0.6 is 0 Å². The van der Waals surface area contributed by atoms with Gasteiger partial charge in [0.1, 0.15) is 11.6 Å². The Morgan fingerprint density at radius 1 is 1.07 bits per heavy atom. The molecule has 1 spiro atoms. The number of fused-ring (bicyclic) bond motifs is 1. The highest BCUT2D eigenvalue weighted by Gasteiger charge is 2.57. The Morgan fingerprint density at radius 2 is 1.79 bits per heavy atom. The Hall–Kier alpha value is -0.660. The van der Waals surface area contributed by atoms with E-state index < -0.39 is 0 Å². The van der Waals surface area contributed by atoms with E-state index in [0.717, 1.165) is 38.5 Å². The molecule has 14 heavy (non-hydrogen) atoms. The minimum Gasteiger partial charge on any atom is -0.299 e. The molecular weight excluding hydrogens is 176 g/mol. The van der Waals surface area contributed by atoms with Crippen LogP contribution in [0.3, 0.4) is 0 Å². The highest BCUT2D eigenvalue weighted by atomic mass is 16.2. The summed E-state index contributed by atoms with van der Waals surface area (Å²) >= 11 is 0. The van der Waals surface area contributed by atoms with Gasteiger partial charge >= 0.3 is 0 Å². The molecule has 0 unspecified atom stereocenters. The number of Topliss-reactive ketones (excluding diaryl/α,β-unsaturated/α-hetero) is 2. The van der Waals surface area contributed by atoms with E-state index in [1.54, 1.807) is 0 Å². The summed E-state index contributed by atoms with van der Waals surface area (Å²) < 4.78 is 0. The summed E-state index contributed by atoms with van der Waals surface area (Å²) in [5, 5.41) is 0. The molecule has 0 N–H and O–H groups in total. The van der Waals surface area contributed by atoms with E-state index in [-0.39, 0.29) is 17.1 Å². The summed E-state index contributed by atoms with van der Waals surface area (Å²) in [6, 6.07) is 0. The molecular formula is C12H16O2. The van der Waals surface area contributed by atoms with Crippen LogP contribution in [0.5, 0.6) is 0 Å². The first-order chi connectivity index (χ1) is 6.74. The van der Waals surface area contributed by atoms with Crippen LogP contribution in [-0.2, 0) is 9.59 Å². The zero-order chi connectivity index (χ0) is 9.76. The zero-order valence-electron chi connectivity index (χ0n) is 8.42. The molecule has 0 saturated heterocycles. The lowest BCUT2D eigenvalue weighted by Gasteiger charge is -2.44. The number of carbonyl (C=O) groups is 2. The van der Waals surface area contributed by atoms with Crippen molar-refractivity contribution < 1.29 is 9.59 Å². The van der Waals surface area contributed by atoms with Crippen LogP contribution in [0.2, 0.25) is 0 Å². The summed E-state index contributed by atoms with van der Waals surface area (Å²) in [6.07, 6.45) is 7.06. The van der Waals surface area contributed by atoms with Crippen molar-refractivity contribution in [1.29, 1.82) is 0 Å². The van der Waals surface area contributed by atoms with Gasteiger partial charge in [-0.05, 0) is 31.6 Å². The van der Waals surface area contributed by atoms with Gasteiger partial charge in [0.05, 0.1) is 5.92 Å². The topological polar surface area (TPSA) is 34.1 Å². The molecule has 3 aliphatic rings. The summed E-state index contributed by atoms with van der Waals surface area (Å²) in [5.74, 6) is 0.789. The van der Waals surface area contributed by atoms with Crippen LogP contribution in [0.1, 0.15) is 44.9 Å². The second kappa shape index (κ2) is 2.68. The molecule has 0 aliphatic heterocycles. The lowest BCUT2D eigenvalue weighted by Crippen LogP contribution is -2.50. The van der Waals surface area contributed by atoms with Crippen LogP contribution in [0.15, 0.2) is 0 Å². The van der Waals surface area contributed by atoms with Crippen LogP contribution in [0.4, 0.5) is 0 Å². The van der Waals surface area contributed by atoms with E-state index >= 15 is 0 Å². The van der Waals surface area contributed by atoms with Gasteiger partial charge in [-0.1, -0.05) is 12.8 Å². The molecule has 0 aromatic heterocycles. The van der Waals surface area contributed by atoms with Gasteiger partial charge in [-0.3, -0.25) is 9.59 Å². The average Bonchev–Trinajstić information content (AvgIpc) is 2.52. The molecule has 3 fully saturated rings. The normalized spacial score (nSPS) is 46.6. The lowest BCUT2D eigenvalue weighted by atomic mass is 9.57. The Balaban J connectivity index is 2.04. The fourth-order valence-corrected chi connectivity index (χ4v) is 4.01. The summed E-state index contributed by atoms with van der Waals surface area (Å²) in [7, 11) is 0. The van der Waals surface area contributed by atoms with Crippen molar-refractivity contribution in [2.24, 2.45) is 17.3 Å². The smallest absolute Gasteiger partial charge is 0.149 e. The van der Waals surface area contributed by atoms with Crippen molar-refractivity contribution in [1.82, 2.24) is 0 Å². The number of hydrogen-bond acceptors (Lipinski definition) is 2. The Morgan fingerprint density at radius 3 is 2.57 bits per heavy atom. The van der Waals surface area contributed by atoms with Crippen LogP contribution in [-0.4, -0.2) is 11.6 Å². The first-order valence-electron chi connectivity index (χ1n) is 5.81. The van der Waals surface area contributed by atoms with E-state index in [9.17, 15) is 9.59 Å². The highest BCUT2D eigenvalue weighted by molar-refractivity contribution is 6.08. The fourth-order valence-electron chi connectivity index (χ4n) is 4.01. The van der Waals surface area contributed by atoms with Gasteiger partial charge in [0.15, 0.2) is 0 Å². The third-order valence-electron chi connectivity index (χ3n) is 4.72. The molecule has 76 valence electrons. The van der Waals surface area contributed by atoms with Gasteiger partial charge in [0, 0.05) is 11.8 Å². The van der Waals surface area contributed by atoms with Gasteiger partial charge in [-0.25, -0.2) is 0 Å². The SMILES string of the molecule is O=C1C[C@H]2CCC[C@]23CCC[C@H]1C3=O. The Labute approximate surface area is 84.1 Å². The molecule has 0 radical (unpaired) electrons. The molecule has 3 aliphatic carbocycles. The minimum atomic E-state index is -0.196. The highest BCUT2D eigenvalue weighted by Crippen LogP contribution is 2.56. The van der Waals surface area contributed by atoms with E-state index in [2.05, 4.69) is 0 Å². The van der Waals surface area contributed by atoms with Gasteiger partial charge < -0.3 is 0 Å². The minimum absolute atomic E-state index is 0.0309. The van der Waals surface area contributed by atoms with Crippen molar-refractivity contribution in [3.05, 3.63) is 0 Å². The van der Waals surface area contributed by atoms with Crippen LogP contribution in [0.25, 0.3) is 0 Å². The van der Waals surface area contributed by atoms with Crippen LogP contribution < -0.4 is 0 Å². The molecule has 0 heterocycles. The lowest BCUT2D eigenvalue weighted by molar-refractivity contribution is -0.151. The van der Waals surface area contributed by atoms with Crippen molar-refractivity contribution in [3.63, 3.8) is 0 Å². The van der Waals surface area contributed by atoms with Crippen molar-refractivity contribution in [2.75, 3.05) is 0 Å². The molecule has 3 saturated carbocycles. The predicted octanol–water partition coefficient (Wildman–Crippen LogP) is 2.11. The molecule has 2 bridgehead atoms. The molecule has 3 atom stereocenters. The van der Waals surface area contributed by atoms with E-state index in [0.29, 0.717) is 18.1 Å². The second-order valence-corrected chi connectivity index (χ2v) is 5.22. The predicted molar refractivity (Wildman–Crippen MR) is 51.7 cm³/mol. The second-order valence-electron chi connectivity index (χ2n) is 5.22. The monoisotopic (exact) mass is 192 g/mol. The molecule has 0 amide bonds. The van der Waals surface area contributed by atoms with Gasteiger partial charge in [0.2, 0.25) is 0 Å². The maximum atomic E-state index is 12.2. The van der Waals surface area contributed by atoms with E-state index in [4.69, 9.17) is 0 Å². The molecule has 0 aromatic carbocycles. The maximum absolute atomic E-state index is 12.2. The third kappa shape index (κ3) is 0.870. The zero-order valence-corrected chi connectivity index (χ0v) is 8.42. The van der Waals surface area contributed by atoms with Crippen molar-refractivity contribution >= 4 is 11.6 Å². The Kier molecular flexibility index (Phi) is 1.65. The standard InChI is InChI=1S/C12H16O2/c13-10-7-8-3-1-5-12(8)6-2-4-9(10)11(12)14/h8-9H,1-7H2/t8-,9-,12+/m1/s1. The fraction of sp³-hybridized carbons (Fsp3) is 0.833. The summed E-state index contributed by atoms with van der Waals surface area (Å²) in [5.41, 5.74) is -0.0309. The molecule has 3 rings (SSSR count). The quantitative estimate of drug-likeness (QED) is 0.551. The average molecular weight is 192 g/mol. The molecule has 0 aromatic rings.